The maximum Gasteiger partial charge on any atom is 0.307 e. The highest BCUT2D eigenvalue weighted by Gasteiger charge is 2.33. The number of fused-ring (bicyclic) bond motifs is 1. The molecule has 0 saturated carbocycles. The summed E-state index contributed by atoms with van der Waals surface area (Å²) in [6, 6.07) is 5.88. The molecular weight excluding hydrogens is 270 g/mol. The lowest BCUT2D eigenvalue weighted by Crippen LogP contribution is -2.19. The second-order valence-electron chi connectivity index (χ2n) is 3.65. The van der Waals surface area contributed by atoms with Crippen molar-refractivity contribution < 1.29 is 4.74 Å². The van der Waals surface area contributed by atoms with Crippen LogP contribution in [0.15, 0.2) is 33.8 Å². The highest BCUT2D eigenvalue weighted by molar-refractivity contribution is 7.11. The van der Waals surface area contributed by atoms with Gasteiger partial charge in [-0.2, -0.15) is 5.26 Å². The maximum absolute atomic E-state index is 11.4. The molecule has 0 amide bonds. The van der Waals surface area contributed by atoms with Crippen LogP contribution >= 0.6 is 22.7 Å². The zero-order valence-electron chi connectivity index (χ0n) is 8.97. The number of aromatic amines is 1. The Morgan fingerprint density at radius 1 is 1.56 bits per heavy atom. The van der Waals surface area contributed by atoms with Gasteiger partial charge in [-0.25, -0.2) is 0 Å². The Hall–Kier alpha value is -2.04. The molecule has 0 spiro atoms. The average Bonchev–Trinajstić information content (AvgIpc) is 2.95. The molecule has 1 atom stereocenters. The molecule has 2 aromatic rings. The van der Waals surface area contributed by atoms with Crippen LogP contribution in [0.1, 0.15) is 15.7 Å². The number of nitrogens with one attached hydrogen (secondary N) is 1. The molecule has 90 valence electrons. The molecular formula is C11H7N3O2S2. The Labute approximate surface area is 110 Å². The number of nitrogens with zero attached hydrogens (tertiary/aromatic N) is 1. The van der Waals surface area contributed by atoms with Crippen LogP contribution in [0.3, 0.4) is 0 Å². The number of aromatic nitrogens is 1. The molecule has 5 nitrogen and oxygen atoms in total. The Balaban J connectivity index is 2.25. The SMILES string of the molecule is N#CC1=C(N)Oc2[nH]c(=O)sc2[C@@H]1c1cccs1. The number of thiophene rings is 1. The van der Waals surface area contributed by atoms with Crippen molar-refractivity contribution in [2.75, 3.05) is 0 Å². The van der Waals surface area contributed by atoms with Crippen molar-refractivity contribution >= 4 is 22.7 Å². The van der Waals surface area contributed by atoms with Gasteiger partial charge in [0.2, 0.25) is 11.8 Å². The van der Waals surface area contributed by atoms with Crippen molar-refractivity contribution in [2.45, 2.75) is 5.92 Å². The molecule has 0 aromatic carbocycles. The summed E-state index contributed by atoms with van der Waals surface area (Å²) >= 11 is 2.57. The zero-order chi connectivity index (χ0) is 12.7. The standard InChI is InChI=1S/C11H7N3O2S2/c12-4-5-7(6-2-1-3-17-6)8-10(16-9(5)13)14-11(15)18-8/h1-3,7H,13H2,(H,14,15)/t7-/m0/s1. The van der Waals surface area contributed by atoms with Crippen molar-refractivity contribution in [3.8, 4) is 11.9 Å². The summed E-state index contributed by atoms with van der Waals surface area (Å²) in [4.78, 5) is 15.5. The molecule has 0 fully saturated rings. The van der Waals surface area contributed by atoms with Gasteiger partial charge in [0.05, 0.1) is 10.8 Å². The number of thiazole rings is 1. The summed E-state index contributed by atoms with van der Waals surface area (Å²) in [5, 5.41) is 11.1. The van der Waals surface area contributed by atoms with E-state index in [2.05, 4.69) is 11.1 Å². The first kappa shape index (κ1) is 11.1. The van der Waals surface area contributed by atoms with E-state index in [1.165, 1.54) is 11.3 Å². The van der Waals surface area contributed by atoms with E-state index < -0.39 is 0 Å². The van der Waals surface area contributed by atoms with Gasteiger partial charge in [-0.1, -0.05) is 17.4 Å². The Kier molecular flexibility index (Phi) is 2.47. The van der Waals surface area contributed by atoms with Gasteiger partial charge in [-0.05, 0) is 11.4 Å². The third-order valence-electron chi connectivity index (χ3n) is 2.62. The Morgan fingerprint density at radius 2 is 2.39 bits per heavy atom. The average molecular weight is 277 g/mol. The van der Waals surface area contributed by atoms with E-state index in [0.29, 0.717) is 16.3 Å². The molecule has 3 rings (SSSR count). The van der Waals surface area contributed by atoms with Crippen LogP contribution in [0, 0.1) is 11.3 Å². The summed E-state index contributed by atoms with van der Waals surface area (Å²) in [6.45, 7) is 0. The van der Waals surface area contributed by atoms with Gasteiger partial charge in [0.15, 0.2) is 0 Å². The van der Waals surface area contributed by atoms with E-state index in [1.807, 2.05) is 17.5 Å². The summed E-state index contributed by atoms with van der Waals surface area (Å²) in [5.41, 5.74) is 6.08. The largest absolute Gasteiger partial charge is 0.423 e. The van der Waals surface area contributed by atoms with E-state index in [9.17, 15) is 10.1 Å². The highest BCUT2D eigenvalue weighted by atomic mass is 32.1. The topological polar surface area (TPSA) is 91.9 Å². The quantitative estimate of drug-likeness (QED) is 0.830. The van der Waals surface area contributed by atoms with Gasteiger partial charge in [0, 0.05) is 4.88 Å². The molecule has 0 bridgehead atoms. The van der Waals surface area contributed by atoms with Gasteiger partial charge in [0.1, 0.15) is 11.6 Å². The second kappa shape index (κ2) is 4.01. The van der Waals surface area contributed by atoms with Crippen molar-refractivity contribution in [1.29, 1.82) is 5.26 Å². The smallest absolute Gasteiger partial charge is 0.307 e. The minimum atomic E-state index is -0.303. The summed E-state index contributed by atoms with van der Waals surface area (Å²) in [5.74, 6) is 0.0973. The first-order valence-corrected chi connectivity index (χ1v) is 6.74. The van der Waals surface area contributed by atoms with Crippen molar-refractivity contribution in [1.82, 2.24) is 4.98 Å². The van der Waals surface area contributed by atoms with Gasteiger partial charge in [0.25, 0.3) is 0 Å². The molecule has 0 aliphatic carbocycles. The second-order valence-corrected chi connectivity index (χ2v) is 5.64. The normalized spacial score (nSPS) is 18.1. The lowest BCUT2D eigenvalue weighted by molar-refractivity contribution is 0.382. The fraction of sp³-hybridized carbons (Fsp3) is 0.0909. The first-order chi connectivity index (χ1) is 8.70. The van der Waals surface area contributed by atoms with Crippen LogP contribution in [-0.2, 0) is 0 Å². The third kappa shape index (κ3) is 1.54. The van der Waals surface area contributed by atoms with E-state index in [0.717, 1.165) is 16.2 Å². The van der Waals surface area contributed by atoms with E-state index in [4.69, 9.17) is 10.5 Å². The summed E-state index contributed by atoms with van der Waals surface area (Å²) in [6.07, 6.45) is 0. The zero-order valence-corrected chi connectivity index (χ0v) is 10.6. The Bertz CT molecular complexity index is 718. The molecule has 2 aromatic heterocycles. The van der Waals surface area contributed by atoms with E-state index in [1.54, 1.807) is 0 Å². The summed E-state index contributed by atoms with van der Waals surface area (Å²) in [7, 11) is 0. The predicted molar refractivity (Wildman–Crippen MR) is 68.6 cm³/mol. The van der Waals surface area contributed by atoms with Crippen LogP contribution in [0.25, 0.3) is 0 Å². The van der Waals surface area contributed by atoms with E-state index in [-0.39, 0.29) is 16.7 Å². The molecule has 3 heterocycles. The maximum atomic E-state index is 11.4. The monoisotopic (exact) mass is 277 g/mol. The highest BCUT2D eigenvalue weighted by Crippen LogP contribution is 2.43. The van der Waals surface area contributed by atoms with Crippen molar-refractivity contribution in [2.24, 2.45) is 5.73 Å². The molecule has 7 heteroatoms. The molecule has 1 aliphatic heterocycles. The molecule has 0 saturated heterocycles. The van der Waals surface area contributed by atoms with Gasteiger partial charge in [-0.15, -0.1) is 11.3 Å². The number of rotatable bonds is 1. The van der Waals surface area contributed by atoms with Crippen LogP contribution in [0.5, 0.6) is 5.88 Å². The predicted octanol–water partition coefficient (Wildman–Crippen LogP) is 1.72. The molecule has 3 N–H and O–H groups in total. The van der Waals surface area contributed by atoms with Gasteiger partial charge >= 0.3 is 4.87 Å². The molecule has 18 heavy (non-hydrogen) atoms. The number of allylic oxidation sites excluding steroid dienone is 1. The number of H-pyrrole nitrogens is 1. The lowest BCUT2D eigenvalue weighted by atomic mass is 9.95. The van der Waals surface area contributed by atoms with Crippen molar-refractivity contribution in [3.05, 3.63) is 48.4 Å². The lowest BCUT2D eigenvalue weighted by Gasteiger charge is -2.21. The van der Waals surface area contributed by atoms with Crippen LogP contribution in [-0.4, -0.2) is 4.98 Å². The van der Waals surface area contributed by atoms with Gasteiger partial charge < -0.3 is 10.5 Å². The summed E-state index contributed by atoms with van der Waals surface area (Å²) < 4.78 is 5.28. The first-order valence-electron chi connectivity index (χ1n) is 5.04. The number of hydrogen-bond donors (Lipinski definition) is 2. The fourth-order valence-corrected chi connectivity index (χ4v) is 3.69. The van der Waals surface area contributed by atoms with Gasteiger partial charge in [-0.3, -0.25) is 9.78 Å². The fourth-order valence-electron chi connectivity index (χ4n) is 1.88. The molecule has 0 radical (unpaired) electrons. The third-order valence-corrected chi connectivity index (χ3v) is 4.48. The minimum Gasteiger partial charge on any atom is -0.423 e. The molecule has 0 unspecified atom stereocenters. The Morgan fingerprint density at radius 3 is 3.06 bits per heavy atom. The minimum absolute atomic E-state index is 0.0532. The van der Waals surface area contributed by atoms with Crippen LogP contribution < -0.4 is 15.3 Å². The number of hydrogen-bond acceptors (Lipinski definition) is 6. The van der Waals surface area contributed by atoms with Crippen molar-refractivity contribution in [3.63, 3.8) is 0 Å². The van der Waals surface area contributed by atoms with Crippen LogP contribution in [0.4, 0.5) is 0 Å². The van der Waals surface area contributed by atoms with Crippen LogP contribution in [0.2, 0.25) is 0 Å². The molecule has 1 aliphatic rings. The number of nitrogens with two attached hydrogens (primary N) is 1. The number of ether oxygens (including phenoxy) is 1. The van der Waals surface area contributed by atoms with E-state index >= 15 is 0 Å². The number of nitriles is 1.